The first-order valence-electron chi connectivity index (χ1n) is 10.7. The van der Waals surface area contributed by atoms with Gasteiger partial charge in [0.1, 0.15) is 11.8 Å². The highest BCUT2D eigenvalue weighted by Crippen LogP contribution is 2.23. The molecule has 2 atom stereocenters. The average molecular weight is 445 g/mol. The molecule has 31 heavy (non-hydrogen) atoms. The maximum atomic E-state index is 13.2. The van der Waals surface area contributed by atoms with Gasteiger partial charge in [-0.05, 0) is 81.5 Å². The van der Waals surface area contributed by atoms with Crippen LogP contribution in [0.4, 0.5) is 0 Å². The minimum absolute atomic E-state index is 0.0345. The molecule has 0 saturated heterocycles. The summed E-state index contributed by atoms with van der Waals surface area (Å²) in [6.07, 6.45) is 0.815. The number of nitrogens with one attached hydrogen (secondary N) is 1. The number of ether oxygens (including phenoxy) is 1. The minimum Gasteiger partial charge on any atom is -0.483 e. The van der Waals surface area contributed by atoms with Crippen LogP contribution < -0.4 is 10.1 Å². The standard InChI is InChI=1S/C25H33ClN2O3/c1-7-18(4)27-25(30)20(6)28(14-21-9-8-10-22(26)13-21)24(29)15-31-23-12-16(2)11-17(3)19(23)5/h8-13,18,20H,7,14-15H2,1-6H3,(H,27,30)/t18-,20+/m1/s1. The summed E-state index contributed by atoms with van der Waals surface area (Å²) in [5.74, 6) is 0.239. The molecule has 0 aliphatic carbocycles. The summed E-state index contributed by atoms with van der Waals surface area (Å²) in [7, 11) is 0. The zero-order chi connectivity index (χ0) is 23.1. The van der Waals surface area contributed by atoms with Crippen LogP contribution in [-0.4, -0.2) is 35.4 Å². The second kappa shape index (κ2) is 11.2. The Bertz CT molecular complexity index is 929. The fourth-order valence-corrected chi connectivity index (χ4v) is 3.47. The molecular weight excluding hydrogens is 412 g/mol. The molecule has 0 saturated carbocycles. The molecule has 0 unspecified atom stereocenters. The molecule has 0 spiro atoms. The van der Waals surface area contributed by atoms with Crippen LogP contribution in [0.5, 0.6) is 5.75 Å². The Morgan fingerprint density at radius 3 is 2.48 bits per heavy atom. The van der Waals surface area contributed by atoms with Crippen LogP contribution in [0.1, 0.15) is 49.4 Å². The Balaban J connectivity index is 2.22. The zero-order valence-corrected chi connectivity index (χ0v) is 20.0. The maximum absolute atomic E-state index is 13.2. The molecule has 2 aromatic carbocycles. The van der Waals surface area contributed by atoms with Crippen LogP contribution in [-0.2, 0) is 16.1 Å². The molecule has 0 aliphatic heterocycles. The number of rotatable bonds is 9. The number of hydrogen-bond donors (Lipinski definition) is 1. The molecule has 2 rings (SSSR count). The van der Waals surface area contributed by atoms with Gasteiger partial charge in [0.05, 0.1) is 0 Å². The van der Waals surface area contributed by atoms with Crippen molar-refractivity contribution in [2.45, 2.75) is 66.6 Å². The molecule has 0 aromatic heterocycles. The highest BCUT2D eigenvalue weighted by atomic mass is 35.5. The van der Waals surface area contributed by atoms with Crippen LogP contribution in [0.25, 0.3) is 0 Å². The summed E-state index contributed by atoms with van der Waals surface area (Å²) < 4.78 is 5.89. The molecule has 6 heteroatoms. The molecule has 2 aromatic rings. The number of hydrogen-bond acceptors (Lipinski definition) is 3. The number of benzene rings is 2. The average Bonchev–Trinajstić information content (AvgIpc) is 2.72. The van der Waals surface area contributed by atoms with Gasteiger partial charge in [-0.25, -0.2) is 0 Å². The molecule has 0 aliphatic rings. The van der Waals surface area contributed by atoms with E-state index in [0.717, 1.165) is 28.7 Å². The van der Waals surface area contributed by atoms with Crippen molar-refractivity contribution in [3.8, 4) is 5.75 Å². The fourth-order valence-electron chi connectivity index (χ4n) is 3.25. The Morgan fingerprint density at radius 2 is 1.84 bits per heavy atom. The van der Waals surface area contributed by atoms with E-state index in [2.05, 4.69) is 11.4 Å². The lowest BCUT2D eigenvalue weighted by molar-refractivity contribution is -0.142. The van der Waals surface area contributed by atoms with Crippen LogP contribution in [0.3, 0.4) is 0 Å². The third kappa shape index (κ3) is 7.00. The Labute approximate surface area is 190 Å². The van der Waals surface area contributed by atoms with Crippen molar-refractivity contribution >= 4 is 23.4 Å². The number of nitrogens with zero attached hydrogens (tertiary/aromatic N) is 1. The van der Waals surface area contributed by atoms with Gasteiger partial charge in [0, 0.05) is 17.6 Å². The van der Waals surface area contributed by atoms with Gasteiger partial charge in [-0.3, -0.25) is 9.59 Å². The van der Waals surface area contributed by atoms with Crippen molar-refractivity contribution in [2.75, 3.05) is 6.61 Å². The molecular formula is C25H33ClN2O3. The van der Waals surface area contributed by atoms with Gasteiger partial charge in [-0.2, -0.15) is 0 Å². The van der Waals surface area contributed by atoms with E-state index in [9.17, 15) is 9.59 Å². The van der Waals surface area contributed by atoms with Gasteiger partial charge in [0.15, 0.2) is 6.61 Å². The number of carbonyl (C=O) groups excluding carboxylic acids is 2. The Kier molecular flexibility index (Phi) is 8.93. The quantitative estimate of drug-likeness (QED) is 0.593. The summed E-state index contributed by atoms with van der Waals surface area (Å²) in [4.78, 5) is 27.5. The zero-order valence-electron chi connectivity index (χ0n) is 19.3. The summed E-state index contributed by atoms with van der Waals surface area (Å²) >= 11 is 6.12. The number of amides is 2. The van der Waals surface area contributed by atoms with Gasteiger partial charge in [-0.15, -0.1) is 0 Å². The van der Waals surface area contributed by atoms with Crippen LogP contribution >= 0.6 is 11.6 Å². The first-order chi connectivity index (χ1) is 14.6. The van der Waals surface area contributed by atoms with Crippen molar-refractivity contribution in [2.24, 2.45) is 0 Å². The van der Waals surface area contributed by atoms with Crippen LogP contribution in [0, 0.1) is 20.8 Å². The van der Waals surface area contributed by atoms with Crippen molar-refractivity contribution in [3.63, 3.8) is 0 Å². The maximum Gasteiger partial charge on any atom is 0.261 e. The van der Waals surface area contributed by atoms with Crippen LogP contribution in [0.15, 0.2) is 36.4 Å². The molecule has 168 valence electrons. The smallest absolute Gasteiger partial charge is 0.261 e. The van der Waals surface area contributed by atoms with Gasteiger partial charge in [0.2, 0.25) is 5.91 Å². The molecule has 0 fully saturated rings. The molecule has 0 bridgehead atoms. The second-order valence-electron chi connectivity index (χ2n) is 8.14. The van der Waals surface area contributed by atoms with Gasteiger partial charge in [-0.1, -0.05) is 36.7 Å². The first kappa shape index (κ1) is 24.7. The molecule has 0 radical (unpaired) electrons. The summed E-state index contributed by atoms with van der Waals surface area (Å²) in [6.45, 7) is 11.8. The third-order valence-electron chi connectivity index (χ3n) is 5.53. The molecule has 1 N–H and O–H groups in total. The van der Waals surface area contributed by atoms with E-state index >= 15 is 0 Å². The largest absolute Gasteiger partial charge is 0.483 e. The molecule has 5 nitrogen and oxygen atoms in total. The van der Waals surface area contributed by atoms with E-state index < -0.39 is 6.04 Å². The molecule has 2 amide bonds. The Morgan fingerprint density at radius 1 is 1.13 bits per heavy atom. The van der Waals surface area contributed by atoms with Gasteiger partial charge < -0.3 is 15.0 Å². The highest BCUT2D eigenvalue weighted by molar-refractivity contribution is 6.30. The summed E-state index contributed by atoms with van der Waals surface area (Å²) in [5, 5.41) is 3.55. The van der Waals surface area contributed by atoms with E-state index in [1.54, 1.807) is 24.0 Å². The highest BCUT2D eigenvalue weighted by Gasteiger charge is 2.27. The van der Waals surface area contributed by atoms with Gasteiger partial charge in [0.25, 0.3) is 5.91 Å². The number of carbonyl (C=O) groups is 2. The minimum atomic E-state index is -0.649. The topological polar surface area (TPSA) is 58.6 Å². The summed E-state index contributed by atoms with van der Waals surface area (Å²) in [6, 6.07) is 10.7. The molecule has 0 heterocycles. The van der Waals surface area contributed by atoms with E-state index in [4.69, 9.17) is 16.3 Å². The van der Waals surface area contributed by atoms with E-state index in [1.807, 2.05) is 52.8 Å². The van der Waals surface area contributed by atoms with Gasteiger partial charge >= 0.3 is 0 Å². The monoisotopic (exact) mass is 444 g/mol. The SMILES string of the molecule is CC[C@@H](C)NC(=O)[C@H](C)N(Cc1cccc(Cl)c1)C(=O)COc1cc(C)cc(C)c1C. The van der Waals surface area contributed by atoms with E-state index in [-0.39, 0.29) is 31.0 Å². The third-order valence-corrected chi connectivity index (χ3v) is 5.76. The van der Waals surface area contributed by atoms with Crippen molar-refractivity contribution in [1.29, 1.82) is 0 Å². The first-order valence-corrected chi connectivity index (χ1v) is 11.0. The fraction of sp³-hybridized carbons (Fsp3) is 0.440. The lowest BCUT2D eigenvalue weighted by Gasteiger charge is -2.29. The van der Waals surface area contributed by atoms with E-state index in [1.165, 1.54) is 0 Å². The lowest BCUT2D eigenvalue weighted by Crippen LogP contribution is -2.50. The number of halogens is 1. The summed E-state index contributed by atoms with van der Waals surface area (Å²) in [5.41, 5.74) is 4.04. The van der Waals surface area contributed by atoms with E-state index in [0.29, 0.717) is 10.8 Å². The van der Waals surface area contributed by atoms with Crippen molar-refractivity contribution in [3.05, 3.63) is 63.7 Å². The second-order valence-corrected chi connectivity index (χ2v) is 8.58. The number of aryl methyl sites for hydroxylation is 2. The Hall–Kier alpha value is -2.53. The predicted molar refractivity (Wildman–Crippen MR) is 126 cm³/mol. The van der Waals surface area contributed by atoms with Crippen molar-refractivity contribution in [1.82, 2.24) is 10.2 Å². The van der Waals surface area contributed by atoms with Crippen molar-refractivity contribution < 1.29 is 14.3 Å². The van der Waals surface area contributed by atoms with Crippen LogP contribution in [0.2, 0.25) is 5.02 Å². The predicted octanol–water partition coefficient (Wildman–Crippen LogP) is 4.98. The normalized spacial score (nSPS) is 12.7. The lowest BCUT2D eigenvalue weighted by atomic mass is 10.1.